The van der Waals surface area contributed by atoms with Gasteiger partial charge in [-0.1, -0.05) is 40.7 Å². The van der Waals surface area contributed by atoms with Crippen LogP contribution >= 0.6 is 0 Å². The van der Waals surface area contributed by atoms with Gasteiger partial charge in [0.2, 0.25) is 0 Å². The van der Waals surface area contributed by atoms with Crippen molar-refractivity contribution in [2.45, 2.75) is 73.3 Å². The van der Waals surface area contributed by atoms with Crippen molar-refractivity contribution in [1.29, 1.82) is 0 Å². The summed E-state index contributed by atoms with van der Waals surface area (Å²) >= 11 is 0. The Morgan fingerprint density at radius 1 is 1.35 bits per heavy atom. The van der Waals surface area contributed by atoms with Crippen LogP contribution in [0.25, 0.3) is 0 Å². The molecule has 3 unspecified atom stereocenters. The molecule has 2 fully saturated rings. The van der Waals surface area contributed by atoms with E-state index in [1.807, 2.05) is 13.0 Å². The first-order valence-electron chi connectivity index (χ1n) is 8.06. The van der Waals surface area contributed by atoms with Gasteiger partial charge in [-0.05, 0) is 49.9 Å². The number of ether oxygens (including phenoxy) is 1. The fraction of sp³-hybridized carbons (Fsp3) is 0.833. The van der Waals surface area contributed by atoms with Gasteiger partial charge in [-0.25, -0.2) is 4.79 Å². The van der Waals surface area contributed by atoms with Crippen LogP contribution in [0, 0.1) is 22.7 Å². The Morgan fingerprint density at radius 2 is 2.00 bits per heavy atom. The molecule has 0 aromatic heterocycles. The van der Waals surface area contributed by atoms with Crippen molar-refractivity contribution in [3.63, 3.8) is 0 Å². The molecule has 0 heterocycles. The molecule has 0 N–H and O–H groups in total. The third kappa shape index (κ3) is 2.42. The molecule has 114 valence electrons. The highest BCUT2D eigenvalue weighted by Gasteiger charge is 2.62. The van der Waals surface area contributed by atoms with Gasteiger partial charge in [0.25, 0.3) is 0 Å². The predicted octanol–water partition coefficient (Wildman–Crippen LogP) is 4.74. The van der Waals surface area contributed by atoms with Gasteiger partial charge in [0, 0.05) is 11.0 Å². The Labute approximate surface area is 124 Å². The zero-order chi connectivity index (χ0) is 15.1. The fourth-order valence-electron chi connectivity index (χ4n) is 4.03. The number of allylic oxidation sites excluding steroid dienone is 1. The Hall–Kier alpha value is -0.790. The van der Waals surface area contributed by atoms with E-state index in [2.05, 4.69) is 34.6 Å². The van der Waals surface area contributed by atoms with Crippen molar-refractivity contribution in [3.05, 3.63) is 11.6 Å². The zero-order valence-corrected chi connectivity index (χ0v) is 14.0. The molecule has 2 aliphatic carbocycles. The third-order valence-electron chi connectivity index (χ3n) is 6.18. The van der Waals surface area contributed by atoms with E-state index < -0.39 is 0 Å². The van der Waals surface area contributed by atoms with Crippen LogP contribution < -0.4 is 0 Å². The maximum Gasteiger partial charge on any atom is 0.333 e. The highest BCUT2D eigenvalue weighted by atomic mass is 16.5. The van der Waals surface area contributed by atoms with Crippen molar-refractivity contribution >= 4 is 5.97 Å². The van der Waals surface area contributed by atoms with E-state index in [4.69, 9.17) is 4.74 Å². The van der Waals surface area contributed by atoms with Crippen LogP contribution in [-0.4, -0.2) is 12.1 Å². The maximum atomic E-state index is 12.3. The number of esters is 1. The quantitative estimate of drug-likeness (QED) is 0.548. The molecule has 2 saturated carbocycles. The maximum absolute atomic E-state index is 12.3. The summed E-state index contributed by atoms with van der Waals surface area (Å²) in [6.45, 7) is 13.2. The minimum atomic E-state index is -0.111. The van der Waals surface area contributed by atoms with Gasteiger partial charge in [0.1, 0.15) is 6.10 Å². The molecule has 2 rings (SSSR count). The lowest BCUT2D eigenvalue weighted by Crippen LogP contribution is -2.38. The molecule has 2 heteroatoms. The number of carbonyl (C=O) groups is 1. The first-order valence-corrected chi connectivity index (χ1v) is 8.06. The molecular formula is C18H30O2. The first kappa shape index (κ1) is 15.6. The van der Waals surface area contributed by atoms with Crippen LogP contribution in [0.15, 0.2) is 11.6 Å². The van der Waals surface area contributed by atoms with Gasteiger partial charge in [-0.2, -0.15) is 0 Å². The van der Waals surface area contributed by atoms with Crippen LogP contribution in [-0.2, 0) is 9.53 Å². The Balaban J connectivity index is 2.02. The van der Waals surface area contributed by atoms with Crippen LogP contribution in [0.3, 0.4) is 0 Å². The van der Waals surface area contributed by atoms with Crippen LogP contribution in [0.2, 0.25) is 0 Å². The van der Waals surface area contributed by atoms with Crippen molar-refractivity contribution in [3.8, 4) is 0 Å². The zero-order valence-electron chi connectivity index (χ0n) is 14.0. The topological polar surface area (TPSA) is 26.3 Å². The summed E-state index contributed by atoms with van der Waals surface area (Å²) in [6, 6.07) is 0. The van der Waals surface area contributed by atoms with E-state index >= 15 is 0 Å². The van der Waals surface area contributed by atoms with Crippen molar-refractivity contribution in [2.24, 2.45) is 22.7 Å². The van der Waals surface area contributed by atoms with Crippen LogP contribution in [0.5, 0.6) is 0 Å². The monoisotopic (exact) mass is 278 g/mol. The minimum absolute atomic E-state index is 0.103. The summed E-state index contributed by atoms with van der Waals surface area (Å²) in [7, 11) is 0. The second-order valence-corrected chi connectivity index (χ2v) is 8.02. The van der Waals surface area contributed by atoms with E-state index in [0.717, 1.165) is 18.4 Å². The van der Waals surface area contributed by atoms with Gasteiger partial charge in [-0.15, -0.1) is 0 Å². The van der Waals surface area contributed by atoms with Crippen molar-refractivity contribution in [1.82, 2.24) is 0 Å². The average molecular weight is 278 g/mol. The van der Waals surface area contributed by atoms with Crippen molar-refractivity contribution in [2.75, 3.05) is 0 Å². The fourth-order valence-corrected chi connectivity index (χ4v) is 4.03. The summed E-state index contributed by atoms with van der Waals surface area (Å²) < 4.78 is 5.87. The normalized spacial score (nSPS) is 35.6. The highest BCUT2D eigenvalue weighted by Crippen LogP contribution is 2.66. The average Bonchev–Trinajstić information content (AvgIpc) is 2.68. The smallest absolute Gasteiger partial charge is 0.333 e. The SMILES string of the molecule is C/C(=C\CC(C)C)C(=O)OC1CC2CCC1(C)C2(C)C. The molecule has 0 aromatic carbocycles. The lowest BCUT2D eigenvalue weighted by atomic mass is 9.70. The third-order valence-corrected chi connectivity index (χ3v) is 6.18. The van der Waals surface area contributed by atoms with Gasteiger partial charge < -0.3 is 4.74 Å². The molecular weight excluding hydrogens is 248 g/mol. The number of hydrogen-bond acceptors (Lipinski definition) is 2. The van der Waals surface area contributed by atoms with Gasteiger partial charge in [0.05, 0.1) is 0 Å². The Bertz CT molecular complexity index is 419. The Kier molecular flexibility index (Phi) is 4.05. The molecule has 0 aromatic rings. The van der Waals surface area contributed by atoms with E-state index in [-0.39, 0.29) is 17.5 Å². The van der Waals surface area contributed by atoms with Gasteiger partial charge in [0.15, 0.2) is 0 Å². The molecule has 2 aliphatic rings. The second kappa shape index (κ2) is 5.20. The number of fused-ring (bicyclic) bond motifs is 2. The lowest BCUT2D eigenvalue weighted by Gasteiger charge is -2.38. The summed E-state index contributed by atoms with van der Waals surface area (Å²) in [5.74, 6) is 1.18. The van der Waals surface area contributed by atoms with Gasteiger partial charge in [-0.3, -0.25) is 0 Å². The standard InChI is InChI=1S/C18H30O2/c1-12(2)7-8-13(3)16(19)20-15-11-14-9-10-18(15,6)17(14,4)5/h8,12,14-15H,7,9-11H2,1-6H3/b13-8+. The minimum Gasteiger partial charge on any atom is -0.458 e. The molecule has 0 saturated heterocycles. The lowest BCUT2D eigenvalue weighted by molar-refractivity contribution is -0.152. The van der Waals surface area contributed by atoms with Gasteiger partial charge >= 0.3 is 5.97 Å². The van der Waals surface area contributed by atoms with Crippen LogP contribution in [0.1, 0.15) is 67.2 Å². The molecule has 0 spiro atoms. The highest BCUT2D eigenvalue weighted by molar-refractivity contribution is 5.87. The molecule has 2 bridgehead atoms. The van der Waals surface area contributed by atoms with E-state index in [9.17, 15) is 4.79 Å². The summed E-state index contributed by atoms with van der Waals surface area (Å²) in [4.78, 5) is 12.3. The summed E-state index contributed by atoms with van der Waals surface area (Å²) in [5.41, 5.74) is 1.22. The van der Waals surface area contributed by atoms with E-state index in [0.29, 0.717) is 17.3 Å². The predicted molar refractivity (Wildman–Crippen MR) is 82.3 cm³/mol. The number of rotatable bonds is 4. The Morgan fingerprint density at radius 3 is 2.45 bits per heavy atom. The molecule has 0 radical (unpaired) electrons. The molecule has 20 heavy (non-hydrogen) atoms. The van der Waals surface area contributed by atoms with E-state index in [1.54, 1.807) is 0 Å². The molecule has 0 amide bonds. The number of hydrogen-bond donors (Lipinski definition) is 0. The first-order chi connectivity index (χ1) is 9.18. The molecule has 2 nitrogen and oxygen atoms in total. The summed E-state index contributed by atoms with van der Waals surface area (Å²) in [6.07, 6.45) is 6.60. The molecule has 3 atom stereocenters. The van der Waals surface area contributed by atoms with Crippen molar-refractivity contribution < 1.29 is 9.53 Å². The van der Waals surface area contributed by atoms with Crippen LogP contribution in [0.4, 0.5) is 0 Å². The molecule has 0 aliphatic heterocycles. The number of carbonyl (C=O) groups excluding carboxylic acids is 1. The summed E-state index contributed by atoms with van der Waals surface area (Å²) in [5, 5.41) is 0. The largest absolute Gasteiger partial charge is 0.458 e. The second-order valence-electron chi connectivity index (χ2n) is 8.02. The van der Waals surface area contributed by atoms with E-state index in [1.165, 1.54) is 12.8 Å².